The van der Waals surface area contributed by atoms with Crippen molar-refractivity contribution in [3.63, 3.8) is 0 Å². The molecule has 1 heterocycles. The molecule has 30 heavy (non-hydrogen) atoms. The first-order chi connectivity index (χ1) is 14.5. The molecule has 162 valence electrons. The van der Waals surface area contributed by atoms with Crippen LogP contribution in [0.3, 0.4) is 0 Å². The van der Waals surface area contributed by atoms with Crippen LogP contribution in [0.2, 0.25) is 0 Å². The molecule has 0 unspecified atom stereocenters. The van der Waals surface area contributed by atoms with Crippen molar-refractivity contribution in [3.8, 4) is 17.2 Å². The van der Waals surface area contributed by atoms with Crippen molar-refractivity contribution in [2.75, 3.05) is 46.0 Å². The minimum absolute atomic E-state index is 0.154. The highest BCUT2D eigenvalue weighted by atomic mass is 16.5. The lowest BCUT2D eigenvalue weighted by atomic mass is 10.1. The molecular weight excluding hydrogens is 380 g/mol. The highest BCUT2D eigenvalue weighted by Gasteiger charge is 2.19. The Bertz CT molecular complexity index is 832. The summed E-state index contributed by atoms with van der Waals surface area (Å²) >= 11 is 0. The SMILES string of the molecule is CCOc1cc(CN2CCN(C(C)=O)CC2)ccc1OCCOc1cccc(C)c1. The van der Waals surface area contributed by atoms with Gasteiger partial charge in [0, 0.05) is 39.6 Å². The molecule has 6 nitrogen and oxygen atoms in total. The van der Waals surface area contributed by atoms with Crippen LogP contribution in [0.1, 0.15) is 25.0 Å². The number of amides is 1. The highest BCUT2D eigenvalue weighted by Crippen LogP contribution is 2.29. The zero-order chi connectivity index (χ0) is 21.3. The second-order valence-corrected chi connectivity index (χ2v) is 7.51. The zero-order valence-electron chi connectivity index (χ0n) is 18.2. The van der Waals surface area contributed by atoms with Gasteiger partial charge in [-0.25, -0.2) is 0 Å². The third-order valence-electron chi connectivity index (χ3n) is 5.13. The number of rotatable bonds is 9. The minimum Gasteiger partial charge on any atom is -0.490 e. The van der Waals surface area contributed by atoms with Gasteiger partial charge in [0.15, 0.2) is 11.5 Å². The van der Waals surface area contributed by atoms with Gasteiger partial charge in [-0.3, -0.25) is 9.69 Å². The fraction of sp³-hybridized carbons (Fsp3) is 0.458. The maximum absolute atomic E-state index is 11.5. The van der Waals surface area contributed by atoms with Crippen LogP contribution in [-0.2, 0) is 11.3 Å². The van der Waals surface area contributed by atoms with Crippen LogP contribution in [0.25, 0.3) is 0 Å². The number of hydrogen-bond donors (Lipinski definition) is 0. The van der Waals surface area contributed by atoms with E-state index < -0.39 is 0 Å². The number of aryl methyl sites for hydroxylation is 1. The molecular formula is C24H32N2O4. The average molecular weight is 413 g/mol. The standard InChI is InChI=1S/C24H32N2O4/c1-4-28-24-17-21(18-25-10-12-26(13-11-25)20(3)27)8-9-23(24)30-15-14-29-22-7-5-6-19(2)16-22/h5-9,16-17H,4,10-15,18H2,1-3H3. The van der Waals surface area contributed by atoms with Gasteiger partial charge in [0.05, 0.1) is 6.61 Å². The Labute approximate surface area is 179 Å². The molecule has 0 atom stereocenters. The van der Waals surface area contributed by atoms with Crippen molar-refractivity contribution in [3.05, 3.63) is 53.6 Å². The van der Waals surface area contributed by atoms with Crippen LogP contribution in [0.5, 0.6) is 17.2 Å². The van der Waals surface area contributed by atoms with E-state index in [0.29, 0.717) is 19.8 Å². The van der Waals surface area contributed by atoms with Crippen LogP contribution in [0.4, 0.5) is 0 Å². The number of piperazine rings is 1. The normalized spacial score (nSPS) is 14.4. The molecule has 0 aromatic heterocycles. The van der Waals surface area contributed by atoms with Crippen LogP contribution in [0, 0.1) is 6.92 Å². The maximum Gasteiger partial charge on any atom is 0.219 e. The van der Waals surface area contributed by atoms with Crippen molar-refractivity contribution < 1.29 is 19.0 Å². The maximum atomic E-state index is 11.5. The van der Waals surface area contributed by atoms with E-state index in [9.17, 15) is 4.79 Å². The largest absolute Gasteiger partial charge is 0.490 e. The van der Waals surface area contributed by atoms with E-state index in [2.05, 4.69) is 17.0 Å². The molecule has 1 amide bonds. The van der Waals surface area contributed by atoms with Gasteiger partial charge in [-0.15, -0.1) is 0 Å². The van der Waals surface area contributed by atoms with Gasteiger partial charge in [-0.2, -0.15) is 0 Å². The number of carbonyl (C=O) groups excluding carboxylic acids is 1. The average Bonchev–Trinajstić information content (AvgIpc) is 2.73. The first-order valence-electron chi connectivity index (χ1n) is 10.6. The van der Waals surface area contributed by atoms with Gasteiger partial charge < -0.3 is 19.1 Å². The minimum atomic E-state index is 0.154. The summed E-state index contributed by atoms with van der Waals surface area (Å²) in [4.78, 5) is 15.8. The van der Waals surface area contributed by atoms with Gasteiger partial charge in [0.1, 0.15) is 19.0 Å². The summed E-state index contributed by atoms with van der Waals surface area (Å²) in [5.41, 5.74) is 2.35. The number of hydrogen-bond acceptors (Lipinski definition) is 5. The molecule has 2 aromatic carbocycles. The molecule has 0 aliphatic carbocycles. The predicted octanol–water partition coefficient (Wildman–Crippen LogP) is 3.52. The van der Waals surface area contributed by atoms with E-state index in [1.807, 2.05) is 49.1 Å². The van der Waals surface area contributed by atoms with Crippen LogP contribution in [-0.4, -0.2) is 61.7 Å². The fourth-order valence-electron chi connectivity index (χ4n) is 3.53. The Morgan fingerprint density at radius 3 is 2.40 bits per heavy atom. The van der Waals surface area contributed by atoms with Crippen LogP contribution >= 0.6 is 0 Å². The summed E-state index contributed by atoms with van der Waals surface area (Å²) in [6.45, 7) is 11.3. The van der Waals surface area contributed by atoms with Gasteiger partial charge >= 0.3 is 0 Å². The summed E-state index contributed by atoms with van der Waals surface area (Å²) in [5.74, 6) is 2.49. The number of benzene rings is 2. The van der Waals surface area contributed by atoms with E-state index >= 15 is 0 Å². The van der Waals surface area contributed by atoms with Crippen molar-refractivity contribution in [1.82, 2.24) is 9.80 Å². The molecule has 1 aliphatic rings. The van der Waals surface area contributed by atoms with Gasteiger partial charge in [-0.1, -0.05) is 18.2 Å². The first-order valence-corrected chi connectivity index (χ1v) is 10.6. The summed E-state index contributed by atoms with van der Waals surface area (Å²) in [6, 6.07) is 14.1. The Kier molecular flexibility index (Phi) is 7.97. The molecule has 2 aromatic rings. The number of ether oxygens (including phenoxy) is 3. The number of nitrogens with zero attached hydrogens (tertiary/aromatic N) is 2. The summed E-state index contributed by atoms with van der Waals surface area (Å²) in [5, 5.41) is 0. The lowest BCUT2D eigenvalue weighted by Crippen LogP contribution is -2.47. The van der Waals surface area contributed by atoms with E-state index in [-0.39, 0.29) is 5.91 Å². The summed E-state index contributed by atoms with van der Waals surface area (Å²) in [7, 11) is 0. The third kappa shape index (κ3) is 6.39. The van der Waals surface area contributed by atoms with Crippen LogP contribution in [0.15, 0.2) is 42.5 Å². The molecule has 1 saturated heterocycles. The lowest BCUT2D eigenvalue weighted by Gasteiger charge is -2.34. The van der Waals surface area contributed by atoms with E-state index in [1.165, 1.54) is 11.1 Å². The smallest absolute Gasteiger partial charge is 0.219 e. The molecule has 6 heteroatoms. The predicted molar refractivity (Wildman–Crippen MR) is 117 cm³/mol. The Hall–Kier alpha value is -2.73. The molecule has 0 radical (unpaired) electrons. The molecule has 0 bridgehead atoms. The third-order valence-corrected chi connectivity index (χ3v) is 5.13. The molecule has 1 aliphatic heterocycles. The monoisotopic (exact) mass is 412 g/mol. The highest BCUT2D eigenvalue weighted by molar-refractivity contribution is 5.73. The molecule has 0 spiro atoms. The van der Waals surface area contributed by atoms with Gasteiger partial charge in [0.2, 0.25) is 5.91 Å². The summed E-state index contributed by atoms with van der Waals surface area (Å²) in [6.07, 6.45) is 0. The van der Waals surface area contributed by atoms with E-state index in [1.54, 1.807) is 6.92 Å². The Balaban J connectivity index is 1.52. The van der Waals surface area contributed by atoms with Crippen molar-refractivity contribution in [1.29, 1.82) is 0 Å². The quantitative estimate of drug-likeness (QED) is 0.590. The molecule has 0 N–H and O–H groups in total. The first kappa shape index (κ1) is 22.0. The summed E-state index contributed by atoms with van der Waals surface area (Å²) < 4.78 is 17.5. The van der Waals surface area contributed by atoms with Crippen molar-refractivity contribution in [2.24, 2.45) is 0 Å². The van der Waals surface area contributed by atoms with Gasteiger partial charge in [-0.05, 0) is 49.2 Å². The van der Waals surface area contributed by atoms with Crippen LogP contribution < -0.4 is 14.2 Å². The second kappa shape index (κ2) is 10.9. The molecule has 0 saturated carbocycles. The Morgan fingerprint density at radius 2 is 1.70 bits per heavy atom. The van der Waals surface area contributed by atoms with Crippen molar-refractivity contribution in [2.45, 2.75) is 27.3 Å². The van der Waals surface area contributed by atoms with E-state index in [0.717, 1.165) is 50.0 Å². The number of carbonyl (C=O) groups is 1. The second-order valence-electron chi connectivity index (χ2n) is 7.51. The molecule has 1 fully saturated rings. The fourth-order valence-corrected chi connectivity index (χ4v) is 3.53. The lowest BCUT2D eigenvalue weighted by molar-refractivity contribution is -0.130. The topological polar surface area (TPSA) is 51.2 Å². The van der Waals surface area contributed by atoms with Gasteiger partial charge in [0.25, 0.3) is 0 Å². The Morgan fingerprint density at radius 1 is 0.933 bits per heavy atom. The van der Waals surface area contributed by atoms with Crippen molar-refractivity contribution >= 4 is 5.91 Å². The van der Waals surface area contributed by atoms with E-state index in [4.69, 9.17) is 14.2 Å². The zero-order valence-corrected chi connectivity index (χ0v) is 18.2. The molecule has 3 rings (SSSR count).